The lowest BCUT2D eigenvalue weighted by Crippen LogP contribution is -2.45. The van der Waals surface area contributed by atoms with Crippen molar-refractivity contribution in [2.45, 2.75) is 70.5 Å². The molecule has 0 unspecified atom stereocenters. The Kier molecular flexibility index (Phi) is 17.2. The number of benzene rings is 2. The Hall–Kier alpha value is -2.54. The molecule has 3 aromatic rings. The number of hydrogen-bond donors (Lipinski definition) is 0. The Labute approximate surface area is 289 Å². The number of aromatic nitrogens is 2. The standard InChI is InChI=1S/C38H55N2O7Si/c1-38(2,3)32-12-16-36(17-13-32)48(35-8-6-5-7-9-35)47-30-33-18-19-39-37(40-33)31-10-14-34(15-11-31)46-29-28-45-27-26-44-25-24-43-23-22-42-21-20-41-4/h5-9,12-13,16-19,31,34H,10-11,14-15,20-30H2,1-4H3. The van der Waals surface area contributed by atoms with Crippen LogP contribution in [0.1, 0.15) is 69.5 Å². The molecule has 4 rings (SSSR count). The van der Waals surface area contributed by atoms with Gasteiger partial charge in [0.15, 0.2) is 0 Å². The molecule has 0 atom stereocenters. The minimum atomic E-state index is -1.43. The van der Waals surface area contributed by atoms with Crippen LogP contribution in [0.25, 0.3) is 0 Å². The molecule has 0 bridgehead atoms. The maximum atomic E-state index is 6.66. The second kappa shape index (κ2) is 21.5. The molecule has 1 aliphatic rings. The van der Waals surface area contributed by atoms with Gasteiger partial charge in [-0.05, 0) is 53.1 Å². The Balaban J connectivity index is 1.12. The highest BCUT2D eigenvalue weighted by Crippen LogP contribution is 2.32. The van der Waals surface area contributed by atoms with Crippen LogP contribution in [0.3, 0.4) is 0 Å². The van der Waals surface area contributed by atoms with Gasteiger partial charge in [0.25, 0.3) is 9.04 Å². The molecule has 1 aliphatic carbocycles. The summed E-state index contributed by atoms with van der Waals surface area (Å²) in [6.07, 6.45) is 6.17. The minimum absolute atomic E-state index is 0.115. The van der Waals surface area contributed by atoms with Gasteiger partial charge in [0.1, 0.15) is 5.82 Å². The molecule has 2 aromatic carbocycles. The van der Waals surface area contributed by atoms with Crippen LogP contribution in [0.4, 0.5) is 0 Å². The van der Waals surface area contributed by atoms with Gasteiger partial charge in [-0.25, -0.2) is 9.97 Å². The fraction of sp³-hybridized carbons (Fsp3) is 0.579. The van der Waals surface area contributed by atoms with E-state index in [4.69, 9.17) is 37.8 Å². The van der Waals surface area contributed by atoms with Gasteiger partial charge in [0.05, 0.1) is 84.5 Å². The lowest BCUT2D eigenvalue weighted by Gasteiger charge is -2.28. The third-order valence-electron chi connectivity index (χ3n) is 8.31. The second-order valence-electron chi connectivity index (χ2n) is 13.0. The molecule has 10 heteroatoms. The highest BCUT2D eigenvalue weighted by Gasteiger charge is 2.26. The predicted molar refractivity (Wildman–Crippen MR) is 190 cm³/mol. The van der Waals surface area contributed by atoms with Gasteiger partial charge in [0, 0.05) is 19.2 Å². The Bertz CT molecular complexity index is 1270. The Morgan fingerprint density at radius 1 is 0.667 bits per heavy atom. The van der Waals surface area contributed by atoms with E-state index in [2.05, 4.69) is 80.4 Å². The van der Waals surface area contributed by atoms with Gasteiger partial charge >= 0.3 is 0 Å². The van der Waals surface area contributed by atoms with Crippen molar-refractivity contribution < 1.29 is 32.8 Å². The van der Waals surface area contributed by atoms with Crippen molar-refractivity contribution in [3.05, 3.63) is 83.9 Å². The van der Waals surface area contributed by atoms with Crippen molar-refractivity contribution >= 4 is 19.4 Å². The maximum absolute atomic E-state index is 6.66. The summed E-state index contributed by atoms with van der Waals surface area (Å²) in [4.78, 5) is 9.62. The van der Waals surface area contributed by atoms with Crippen molar-refractivity contribution in [3.8, 4) is 0 Å². The molecular formula is C38H55N2O7Si. The van der Waals surface area contributed by atoms with Gasteiger partial charge in [-0.15, -0.1) is 0 Å². The largest absolute Gasteiger partial charge is 0.401 e. The lowest BCUT2D eigenvalue weighted by molar-refractivity contribution is -0.0316. The number of methoxy groups -OCH3 is 1. The molecule has 0 aliphatic heterocycles. The smallest absolute Gasteiger partial charge is 0.283 e. The van der Waals surface area contributed by atoms with Crippen LogP contribution in [0.15, 0.2) is 66.9 Å². The van der Waals surface area contributed by atoms with Gasteiger partial charge < -0.3 is 32.8 Å². The van der Waals surface area contributed by atoms with Crippen LogP contribution in [0.5, 0.6) is 0 Å². The zero-order valence-corrected chi connectivity index (χ0v) is 30.4. The lowest BCUT2D eigenvalue weighted by atomic mass is 9.87. The summed E-state index contributed by atoms with van der Waals surface area (Å²) >= 11 is 0. The van der Waals surface area contributed by atoms with E-state index in [9.17, 15) is 0 Å². The van der Waals surface area contributed by atoms with Crippen LogP contribution in [0.2, 0.25) is 0 Å². The summed E-state index contributed by atoms with van der Waals surface area (Å²) in [7, 11) is 0.223. The first-order chi connectivity index (χ1) is 23.4. The van der Waals surface area contributed by atoms with Gasteiger partial charge in [-0.1, -0.05) is 75.4 Å². The van der Waals surface area contributed by atoms with Crippen molar-refractivity contribution in [3.63, 3.8) is 0 Å². The molecule has 0 amide bonds. The molecule has 1 fully saturated rings. The third kappa shape index (κ3) is 13.8. The zero-order chi connectivity index (χ0) is 33.9. The molecule has 1 heterocycles. The summed E-state index contributed by atoms with van der Waals surface area (Å²) < 4.78 is 39.7. The van der Waals surface area contributed by atoms with E-state index in [1.807, 2.05) is 12.3 Å². The second-order valence-corrected chi connectivity index (χ2v) is 15.1. The maximum Gasteiger partial charge on any atom is 0.283 e. The molecule has 48 heavy (non-hydrogen) atoms. The quantitative estimate of drug-likeness (QED) is 0.109. The topological polar surface area (TPSA) is 90.4 Å². The summed E-state index contributed by atoms with van der Waals surface area (Å²) in [6.45, 7) is 12.8. The minimum Gasteiger partial charge on any atom is -0.401 e. The monoisotopic (exact) mass is 679 g/mol. The summed E-state index contributed by atoms with van der Waals surface area (Å²) in [5.41, 5.74) is 2.37. The van der Waals surface area contributed by atoms with Crippen LogP contribution in [-0.4, -0.2) is 98.3 Å². The predicted octanol–water partition coefficient (Wildman–Crippen LogP) is 4.85. The SMILES string of the molecule is COCCOCCOCCOCCOCCOC1CCC(c2nccc(CO[Si](c3ccccc3)c3ccc(C(C)(C)C)cc3)n2)CC1. The van der Waals surface area contributed by atoms with Crippen LogP contribution in [0, 0.1) is 0 Å². The van der Waals surface area contributed by atoms with Crippen LogP contribution < -0.4 is 10.4 Å². The van der Waals surface area contributed by atoms with Crippen LogP contribution in [-0.2, 0) is 44.9 Å². The summed E-state index contributed by atoms with van der Waals surface area (Å²) in [5.74, 6) is 1.26. The molecule has 0 spiro atoms. The van der Waals surface area contributed by atoms with E-state index in [1.165, 1.54) is 15.9 Å². The van der Waals surface area contributed by atoms with E-state index in [1.54, 1.807) is 7.11 Å². The average Bonchev–Trinajstić information content (AvgIpc) is 3.11. The van der Waals surface area contributed by atoms with Crippen molar-refractivity contribution in [1.82, 2.24) is 9.97 Å². The molecule has 263 valence electrons. The van der Waals surface area contributed by atoms with E-state index in [-0.39, 0.29) is 11.5 Å². The fourth-order valence-electron chi connectivity index (χ4n) is 5.55. The van der Waals surface area contributed by atoms with Gasteiger partial charge in [-0.3, -0.25) is 0 Å². The first kappa shape index (κ1) is 38.3. The number of hydrogen-bond acceptors (Lipinski definition) is 9. The van der Waals surface area contributed by atoms with E-state index in [0.717, 1.165) is 37.2 Å². The Morgan fingerprint density at radius 2 is 1.23 bits per heavy atom. The molecule has 1 saturated carbocycles. The normalized spacial score (nSPS) is 16.9. The first-order valence-corrected chi connectivity index (χ1v) is 18.7. The highest BCUT2D eigenvalue weighted by molar-refractivity contribution is 6.80. The number of rotatable bonds is 22. The third-order valence-corrected chi connectivity index (χ3v) is 10.5. The molecule has 1 aromatic heterocycles. The highest BCUT2D eigenvalue weighted by atomic mass is 28.3. The van der Waals surface area contributed by atoms with Crippen LogP contribution >= 0.6 is 0 Å². The molecule has 9 nitrogen and oxygen atoms in total. The summed E-state index contributed by atoms with van der Waals surface area (Å²) in [5, 5.41) is 2.47. The van der Waals surface area contributed by atoms with Gasteiger partial charge in [0.2, 0.25) is 0 Å². The van der Waals surface area contributed by atoms with Crippen molar-refractivity contribution in [1.29, 1.82) is 0 Å². The molecular weight excluding hydrogens is 625 g/mol. The molecule has 0 saturated heterocycles. The van der Waals surface area contributed by atoms with E-state index >= 15 is 0 Å². The van der Waals surface area contributed by atoms with E-state index in [0.29, 0.717) is 78.6 Å². The fourth-order valence-corrected chi connectivity index (χ4v) is 7.47. The van der Waals surface area contributed by atoms with Gasteiger partial charge in [-0.2, -0.15) is 0 Å². The van der Waals surface area contributed by atoms with Crippen molar-refractivity contribution in [2.24, 2.45) is 0 Å². The first-order valence-electron chi connectivity index (χ1n) is 17.3. The summed E-state index contributed by atoms with van der Waals surface area (Å²) in [6, 6.07) is 21.5. The number of nitrogens with zero attached hydrogens (tertiary/aromatic N) is 2. The zero-order valence-electron chi connectivity index (χ0n) is 29.4. The Morgan fingerprint density at radius 3 is 1.81 bits per heavy atom. The number of ether oxygens (including phenoxy) is 6. The molecule has 0 N–H and O–H groups in total. The molecule has 1 radical (unpaired) electrons. The van der Waals surface area contributed by atoms with E-state index < -0.39 is 9.04 Å². The van der Waals surface area contributed by atoms with Crippen molar-refractivity contribution in [2.75, 3.05) is 73.2 Å². The average molecular weight is 680 g/mol.